The van der Waals surface area contributed by atoms with E-state index in [-0.39, 0.29) is 11.4 Å². The van der Waals surface area contributed by atoms with Gasteiger partial charge in [0.1, 0.15) is 0 Å². The van der Waals surface area contributed by atoms with Crippen LogP contribution in [-0.4, -0.2) is 37.2 Å². The Balaban J connectivity index is 1.61. The van der Waals surface area contributed by atoms with Gasteiger partial charge in [-0.2, -0.15) is 0 Å². The van der Waals surface area contributed by atoms with Crippen molar-refractivity contribution in [2.75, 3.05) is 19.7 Å². The second kappa shape index (κ2) is 6.53. The SMILES string of the molecule is CC1(C(=O)NCCOC2CCCC2)CCCCN1. The van der Waals surface area contributed by atoms with E-state index in [9.17, 15) is 4.79 Å². The van der Waals surface area contributed by atoms with Crippen molar-refractivity contribution in [2.45, 2.75) is 63.5 Å². The zero-order valence-corrected chi connectivity index (χ0v) is 11.5. The Kier molecular flexibility index (Phi) is 5.01. The highest BCUT2D eigenvalue weighted by molar-refractivity contribution is 5.85. The molecule has 0 radical (unpaired) electrons. The van der Waals surface area contributed by atoms with Gasteiger partial charge in [-0.05, 0) is 45.6 Å². The number of hydrogen-bond donors (Lipinski definition) is 2. The molecule has 0 spiro atoms. The zero-order chi connectivity index (χ0) is 12.8. The molecular formula is C14H26N2O2. The van der Waals surface area contributed by atoms with Gasteiger partial charge in [0.25, 0.3) is 0 Å². The number of carbonyl (C=O) groups is 1. The van der Waals surface area contributed by atoms with Gasteiger partial charge in [0.2, 0.25) is 5.91 Å². The summed E-state index contributed by atoms with van der Waals surface area (Å²) >= 11 is 0. The molecule has 1 unspecified atom stereocenters. The van der Waals surface area contributed by atoms with Crippen LogP contribution in [0.2, 0.25) is 0 Å². The highest BCUT2D eigenvalue weighted by Crippen LogP contribution is 2.21. The summed E-state index contributed by atoms with van der Waals surface area (Å²) in [5.74, 6) is 0.122. The molecule has 2 aliphatic rings. The third-order valence-corrected chi connectivity index (χ3v) is 4.16. The van der Waals surface area contributed by atoms with Crippen LogP contribution >= 0.6 is 0 Å². The lowest BCUT2D eigenvalue weighted by Gasteiger charge is -2.33. The summed E-state index contributed by atoms with van der Waals surface area (Å²) in [6, 6.07) is 0. The highest BCUT2D eigenvalue weighted by atomic mass is 16.5. The first-order valence-corrected chi connectivity index (χ1v) is 7.36. The van der Waals surface area contributed by atoms with Gasteiger partial charge in [-0.15, -0.1) is 0 Å². The van der Waals surface area contributed by atoms with E-state index in [1.807, 2.05) is 6.92 Å². The minimum atomic E-state index is -0.369. The van der Waals surface area contributed by atoms with Crippen LogP contribution in [0.1, 0.15) is 51.9 Å². The summed E-state index contributed by atoms with van der Waals surface area (Å²) in [5, 5.41) is 6.31. The van der Waals surface area contributed by atoms with Gasteiger partial charge in [-0.25, -0.2) is 0 Å². The van der Waals surface area contributed by atoms with Gasteiger partial charge in [0.05, 0.1) is 18.2 Å². The monoisotopic (exact) mass is 254 g/mol. The number of piperidine rings is 1. The molecule has 1 saturated heterocycles. The standard InChI is InChI=1S/C14H26N2O2/c1-14(8-4-5-9-16-14)13(17)15-10-11-18-12-6-2-3-7-12/h12,16H,2-11H2,1H3,(H,15,17). The van der Waals surface area contributed by atoms with Crippen molar-refractivity contribution in [3.8, 4) is 0 Å². The first-order valence-electron chi connectivity index (χ1n) is 7.36. The van der Waals surface area contributed by atoms with Gasteiger partial charge in [0.15, 0.2) is 0 Å². The maximum Gasteiger partial charge on any atom is 0.240 e. The van der Waals surface area contributed by atoms with Gasteiger partial charge in [0, 0.05) is 6.54 Å². The highest BCUT2D eigenvalue weighted by Gasteiger charge is 2.33. The van der Waals surface area contributed by atoms with Crippen LogP contribution in [0.5, 0.6) is 0 Å². The molecule has 0 aromatic heterocycles. The molecule has 4 heteroatoms. The number of ether oxygens (including phenoxy) is 1. The quantitative estimate of drug-likeness (QED) is 0.733. The van der Waals surface area contributed by atoms with Gasteiger partial charge >= 0.3 is 0 Å². The maximum absolute atomic E-state index is 12.1. The van der Waals surface area contributed by atoms with Gasteiger partial charge in [-0.1, -0.05) is 12.8 Å². The predicted octanol–water partition coefficient (Wildman–Crippen LogP) is 1.59. The largest absolute Gasteiger partial charge is 0.376 e. The molecule has 18 heavy (non-hydrogen) atoms. The Morgan fingerprint density at radius 3 is 2.78 bits per heavy atom. The Morgan fingerprint density at radius 1 is 1.33 bits per heavy atom. The summed E-state index contributed by atoms with van der Waals surface area (Å²) < 4.78 is 5.74. The van der Waals surface area contributed by atoms with Crippen molar-refractivity contribution in [1.29, 1.82) is 0 Å². The van der Waals surface area contributed by atoms with Crippen molar-refractivity contribution in [3.05, 3.63) is 0 Å². The topological polar surface area (TPSA) is 50.4 Å². The van der Waals surface area contributed by atoms with Crippen molar-refractivity contribution < 1.29 is 9.53 Å². The molecule has 0 bridgehead atoms. The second-order valence-electron chi connectivity index (χ2n) is 5.75. The summed E-state index contributed by atoms with van der Waals surface area (Å²) in [6.07, 6.45) is 8.63. The fourth-order valence-corrected chi connectivity index (χ4v) is 2.89. The Labute approximate surface area is 110 Å². The summed E-state index contributed by atoms with van der Waals surface area (Å²) in [7, 11) is 0. The number of rotatable bonds is 5. The van der Waals surface area contributed by atoms with Crippen LogP contribution in [0.3, 0.4) is 0 Å². The van der Waals surface area contributed by atoms with Crippen LogP contribution in [-0.2, 0) is 9.53 Å². The summed E-state index contributed by atoms with van der Waals surface area (Å²) in [5.41, 5.74) is -0.369. The zero-order valence-electron chi connectivity index (χ0n) is 11.5. The maximum atomic E-state index is 12.1. The molecule has 1 aliphatic heterocycles. The smallest absolute Gasteiger partial charge is 0.240 e. The van der Waals surface area contributed by atoms with Gasteiger partial charge < -0.3 is 15.4 Å². The lowest BCUT2D eigenvalue weighted by molar-refractivity contribution is -0.128. The Hall–Kier alpha value is -0.610. The number of nitrogens with one attached hydrogen (secondary N) is 2. The average Bonchev–Trinajstić information content (AvgIpc) is 2.88. The molecule has 1 heterocycles. The molecule has 104 valence electrons. The average molecular weight is 254 g/mol. The minimum absolute atomic E-state index is 0.122. The van der Waals surface area contributed by atoms with E-state index in [1.165, 1.54) is 32.1 Å². The second-order valence-corrected chi connectivity index (χ2v) is 5.75. The van der Waals surface area contributed by atoms with Gasteiger partial charge in [-0.3, -0.25) is 4.79 Å². The third-order valence-electron chi connectivity index (χ3n) is 4.16. The fraction of sp³-hybridized carbons (Fsp3) is 0.929. The molecule has 2 rings (SSSR count). The summed E-state index contributed by atoms with van der Waals surface area (Å²) in [4.78, 5) is 12.1. The Morgan fingerprint density at radius 2 is 2.11 bits per heavy atom. The normalized spacial score (nSPS) is 29.4. The van der Waals surface area contributed by atoms with E-state index in [4.69, 9.17) is 4.74 Å². The molecule has 0 aromatic rings. The molecule has 4 nitrogen and oxygen atoms in total. The van der Waals surface area contributed by atoms with E-state index in [1.54, 1.807) is 0 Å². The molecule has 2 fully saturated rings. The van der Waals surface area contributed by atoms with Crippen LogP contribution in [0.4, 0.5) is 0 Å². The lowest BCUT2D eigenvalue weighted by atomic mass is 9.90. The van der Waals surface area contributed by atoms with Crippen LogP contribution in [0, 0.1) is 0 Å². The molecule has 1 aliphatic carbocycles. The molecule has 1 amide bonds. The Bertz CT molecular complexity index is 269. The number of amides is 1. The minimum Gasteiger partial charge on any atom is -0.376 e. The van der Waals surface area contributed by atoms with Crippen molar-refractivity contribution in [1.82, 2.24) is 10.6 Å². The van der Waals surface area contributed by atoms with Crippen molar-refractivity contribution in [2.24, 2.45) is 0 Å². The van der Waals surface area contributed by atoms with E-state index < -0.39 is 0 Å². The number of carbonyl (C=O) groups excluding carboxylic acids is 1. The molecule has 2 N–H and O–H groups in total. The number of hydrogen-bond acceptors (Lipinski definition) is 3. The van der Waals surface area contributed by atoms with Crippen LogP contribution in [0.25, 0.3) is 0 Å². The van der Waals surface area contributed by atoms with E-state index in [0.717, 1.165) is 19.4 Å². The lowest BCUT2D eigenvalue weighted by Crippen LogP contribution is -2.57. The van der Waals surface area contributed by atoms with E-state index in [0.29, 0.717) is 19.3 Å². The molecular weight excluding hydrogens is 228 g/mol. The molecule has 1 atom stereocenters. The predicted molar refractivity (Wildman–Crippen MR) is 71.5 cm³/mol. The fourth-order valence-electron chi connectivity index (χ4n) is 2.89. The molecule has 1 saturated carbocycles. The van der Waals surface area contributed by atoms with E-state index >= 15 is 0 Å². The van der Waals surface area contributed by atoms with Crippen LogP contribution < -0.4 is 10.6 Å². The summed E-state index contributed by atoms with van der Waals surface area (Å²) in [6.45, 7) is 4.22. The third kappa shape index (κ3) is 3.69. The molecule has 0 aromatic carbocycles. The van der Waals surface area contributed by atoms with Crippen LogP contribution in [0.15, 0.2) is 0 Å². The first-order chi connectivity index (χ1) is 8.71. The first kappa shape index (κ1) is 13.8. The van der Waals surface area contributed by atoms with Crippen molar-refractivity contribution >= 4 is 5.91 Å². The van der Waals surface area contributed by atoms with Crippen molar-refractivity contribution in [3.63, 3.8) is 0 Å². The van der Waals surface area contributed by atoms with E-state index in [2.05, 4.69) is 10.6 Å².